The molecule has 0 amide bonds. The first-order chi connectivity index (χ1) is 25.5. The summed E-state index contributed by atoms with van der Waals surface area (Å²) in [6.07, 6.45) is 5.56. The monoisotopic (exact) mass is 785 g/mol. The number of esters is 1. The van der Waals surface area contributed by atoms with E-state index in [1.165, 1.54) is 6.07 Å². The van der Waals surface area contributed by atoms with E-state index in [-0.39, 0.29) is 24.5 Å². The van der Waals surface area contributed by atoms with Crippen LogP contribution in [0.25, 0.3) is 10.8 Å². The van der Waals surface area contributed by atoms with Crippen LogP contribution >= 0.6 is 10.3 Å². The molecule has 8 nitrogen and oxygen atoms in total. The van der Waals surface area contributed by atoms with Gasteiger partial charge in [-0.15, -0.1) is 8.42 Å². The lowest BCUT2D eigenvalue weighted by molar-refractivity contribution is -0.161. The Hall–Kier alpha value is -4.14. The van der Waals surface area contributed by atoms with Gasteiger partial charge in [0.25, 0.3) is 10.1 Å². The maximum atomic E-state index is 15.5. The quantitative estimate of drug-likeness (QED) is 0.0254. The van der Waals surface area contributed by atoms with Crippen LogP contribution in [0.15, 0.2) is 153 Å². The second kappa shape index (κ2) is 18.3. The van der Waals surface area contributed by atoms with Gasteiger partial charge in [-0.2, -0.15) is 17.2 Å². The summed E-state index contributed by atoms with van der Waals surface area (Å²) in [5.41, 5.74) is 0. The summed E-state index contributed by atoms with van der Waals surface area (Å²) in [5, 5.41) is -3.48. The van der Waals surface area contributed by atoms with Gasteiger partial charge in [-0.1, -0.05) is 130 Å². The van der Waals surface area contributed by atoms with E-state index in [0.717, 1.165) is 37.5 Å². The summed E-state index contributed by atoms with van der Waals surface area (Å²) in [7, 11) is -12.8. The highest BCUT2D eigenvalue weighted by atomic mass is 32.3. The van der Waals surface area contributed by atoms with Gasteiger partial charge in [0, 0.05) is 5.39 Å². The second-order valence-corrected chi connectivity index (χ2v) is 18.5. The maximum absolute atomic E-state index is 15.5. The minimum atomic E-state index is -5.75. The molecule has 53 heavy (non-hydrogen) atoms. The van der Waals surface area contributed by atoms with E-state index >= 15 is 8.78 Å². The van der Waals surface area contributed by atoms with Crippen molar-refractivity contribution in [3.63, 3.8) is 0 Å². The average molecular weight is 786 g/mol. The predicted octanol–water partition coefficient (Wildman–Crippen LogP) is 10.1. The molecule has 0 fully saturated rings. The Morgan fingerprint density at radius 1 is 0.547 bits per heavy atom. The molecule has 0 aliphatic rings. The van der Waals surface area contributed by atoms with Crippen LogP contribution in [0.1, 0.15) is 51.4 Å². The number of carbonyl (C=O) groups is 1. The Kier molecular flexibility index (Phi) is 13.8. The van der Waals surface area contributed by atoms with Gasteiger partial charge >= 0.3 is 21.3 Å². The van der Waals surface area contributed by atoms with Crippen molar-refractivity contribution < 1.29 is 43.0 Å². The Bertz CT molecular complexity index is 2050. The van der Waals surface area contributed by atoms with Gasteiger partial charge in [0.15, 0.2) is 0 Å². The lowest BCUT2D eigenvalue weighted by atomic mass is 10.1. The van der Waals surface area contributed by atoms with E-state index in [9.17, 15) is 21.6 Å². The summed E-state index contributed by atoms with van der Waals surface area (Å²) in [4.78, 5) is 14.0. The van der Waals surface area contributed by atoms with Crippen LogP contribution in [-0.2, 0) is 34.0 Å². The summed E-state index contributed by atoms with van der Waals surface area (Å²) in [5.74, 6) is -2.16. The Balaban J connectivity index is 1.06. The first-order valence-electron chi connectivity index (χ1n) is 17.4. The van der Waals surface area contributed by atoms with Crippen molar-refractivity contribution in [2.75, 3.05) is 13.2 Å². The molecule has 0 saturated heterocycles. The molecule has 5 aromatic rings. The molecule has 0 unspecified atom stereocenters. The predicted molar refractivity (Wildman–Crippen MR) is 203 cm³/mol. The molecule has 13 heteroatoms. The molecule has 5 aromatic carbocycles. The van der Waals surface area contributed by atoms with Gasteiger partial charge in [-0.25, -0.2) is 4.79 Å². The van der Waals surface area contributed by atoms with Gasteiger partial charge in [-0.3, -0.25) is 7.81 Å². The van der Waals surface area contributed by atoms with Crippen molar-refractivity contribution in [1.29, 1.82) is 0 Å². The number of benzene rings is 5. The van der Waals surface area contributed by atoms with Crippen molar-refractivity contribution in [3.8, 4) is 0 Å². The molecule has 0 atom stereocenters. The first kappa shape index (κ1) is 40.1. The number of ether oxygens (including phenoxy) is 1. The van der Waals surface area contributed by atoms with E-state index in [2.05, 4.69) is 3.63 Å². The summed E-state index contributed by atoms with van der Waals surface area (Å²) >= 11 is 0. The third-order valence-electron chi connectivity index (χ3n) is 8.55. The molecule has 0 aromatic heterocycles. The molecule has 0 spiro atoms. The van der Waals surface area contributed by atoms with E-state index in [4.69, 9.17) is 8.92 Å². The third-order valence-corrected chi connectivity index (χ3v) is 15.3. The normalized spacial score (nSPS) is 12.8. The number of hydrogen-bond acceptors (Lipinski definition) is 7. The SMILES string of the molecule is O=C(OCCCCCCCCCCOS(=O)(=O)c1cccc2ccccc12)C(F)(F)S(=O)(=O)[OH+]S(c1ccccc1)(c1ccccc1)c1ccccc1. The minimum absolute atomic E-state index is 0.0810. The van der Waals surface area contributed by atoms with E-state index in [0.29, 0.717) is 32.9 Å². The largest absolute Gasteiger partial charge is 0.514 e. The maximum Gasteiger partial charge on any atom is 0.514 e. The van der Waals surface area contributed by atoms with Gasteiger partial charge in [-0.05, 0) is 60.7 Å². The van der Waals surface area contributed by atoms with Crippen LogP contribution in [0.2, 0.25) is 0 Å². The number of unbranched alkanes of at least 4 members (excludes halogenated alkanes) is 7. The fraction of sp³-hybridized carbons (Fsp3) is 0.275. The molecule has 0 aliphatic carbocycles. The third kappa shape index (κ3) is 9.70. The lowest BCUT2D eigenvalue weighted by Crippen LogP contribution is -2.42. The summed E-state index contributed by atoms with van der Waals surface area (Å²) in [6.45, 7) is -0.280. The van der Waals surface area contributed by atoms with E-state index in [1.54, 1.807) is 109 Å². The highest BCUT2D eigenvalue weighted by molar-refractivity contribution is 8.32. The zero-order valence-corrected chi connectivity index (χ0v) is 31.5. The van der Waals surface area contributed by atoms with Crippen LogP contribution in [0.3, 0.4) is 0 Å². The molecule has 0 radical (unpaired) electrons. The molecule has 0 bridgehead atoms. The molecule has 0 saturated carbocycles. The molecular weight excluding hydrogens is 743 g/mol. The number of hydrogen-bond donors (Lipinski definition) is 0. The highest BCUT2D eigenvalue weighted by Gasteiger charge is 2.63. The van der Waals surface area contributed by atoms with E-state index < -0.39 is 41.8 Å². The van der Waals surface area contributed by atoms with Crippen LogP contribution < -0.4 is 0 Å². The summed E-state index contributed by atoms with van der Waals surface area (Å²) < 4.78 is 97.4. The number of halogens is 2. The van der Waals surface area contributed by atoms with Gasteiger partial charge in [0.2, 0.25) is 0 Å². The smallest absolute Gasteiger partial charge is 0.460 e. The lowest BCUT2D eigenvalue weighted by Gasteiger charge is -2.35. The standard InChI is InChI=1S/C40H42F2O8S3/c41-40(42,53(46,47)50-51(34-23-10-7-11-24-34,35-25-12-8-13-26-35)36-27-14-9-15-28-36)39(43)48-31-18-5-3-1-2-4-6-19-32-49-52(44,45)38-30-20-22-33-21-16-17-29-37(33)38/h7-17,20-30H,1-6,18-19,31-32H2/p+1. The van der Waals surface area contributed by atoms with Crippen LogP contribution in [0.5, 0.6) is 0 Å². The molecule has 5 rings (SSSR count). The average Bonchev–Trinajstić information content (AvgIpc) is 3.18. The molecule has 0 heterocycles. The van der Waals surface area contributed by atoms with Crippen molar-refractivity contribution in [1.82, 2.24) is 0 Å². The topological polar surface area (TPSA) is 117 Å². The van der Waals surface area contributed by atoms with Crippen molar-refractivity contribution in [2.45, 2.75) is 76.2 Å². The number of carbonyl (C=O) groups excluding carboxylic acids is 1. The van der Waals surface area contributed by atoms with Crippen LogP contribution in [-0.4, -0.2) is 44.9 Å². The van der Waals surface area contributed by atoms with Crippen molar-refractivity contribution in [3.05, 3.63) is 133 Å². The Labute approximate surface area is 311 Å². The highest BCUT2D eigenvalue weighted by Crippen LogP contribution is 2.68. The van der Waals surface area contributed by atoms with E-state index in [1.807, 2.05) is 18.2 Å². The van der Waals surface area contributed by atoms with Gasteiger partial charge in [0.1, 0.15) is 4.90 Å². The van der Waals surface area contributed by atoms with Gasteiger partial charge in [0.05, 0.1) is 38.2 Å². The molecular formula is C40H43F2O8S3+. The fourth-order valence-electron chi connectivity index (χ4n) is 5.85. The number of rotatable bonds is 20. The number of fused-ring (bicyclic) bond motifs is 1. The minimum Gasteiger partial charge on any atom is -0.460 e. The zero-order valence-electron chi connectivity index (χ0n) is 29.1. The second-order valence-electron chi connectivity index (χ2n) is 12.3. The molecule has 0 aliphatic heterocycles. The first-order valence-corrected chi connectivity index (χ1v) is 21.8. The van der Waals surface area contributed by atoms with Gasteiger partial charge < -0.3 is 4.74 Å². The van der Waals surface area contributed by atoms with Crippen molar-refractivity contribution >= 4 is 47.3 Å². The summed E-state index contributed by atoms with van der Waals surface area (Å²) in [6, 6.07) is 37.4. The van der Waals surface area contributed by atoms with Crippen LogP contribution in [0.4, 0.5) is 8.78 Å². The fourth-order valence-corrected chi connectivity index (χ4v) is 12.3. The van der Waals surface area contributed by atoms with Crippen LogP contribution in [0, 0.1) is 0 Å². The molecule has 282 valence electrons. The zero-order chi connectivity index (χ0) is 37.8. The van der Waals surface area contributed by atoms with Crippen molar-refractivity contribution in [2.24, 2.45) is 0 Å². The Morgan fingerprint density at radius 2 is 0.981 bits per heavy atom. The number of alkyl halides is 2. The molecule has 1 N–H and O–H groups in total. The Morgan fingerprint density at radius 3 is 1.51 bits per heavy atom.